The Morgan fingerprint density at radius 3 is 2.53 bits per heavy atom. The number of ether oxygens (including phenoxy) is 5. The molecule has 0 N–H and O–H groups in total. The van der Waals surface area contributed by atoms with Gasteiger partial charge in [0.1, 0.15) is 0 Å². The van der Waals surface area contributed by atoms with Crippen molar-refractivity contribution in [2.75, 3.05) is 20.5 Å². The highest BCUT2D eigenvalue weighted by molar-refractivity contribution is 7.07. The van der Waals surface area contributed by atoms with Gasteiger partial charge in [0.2, 0.25) is 12.5 Å². The van der Waals surface area contributed by atoms with E-state index < -0.39 is 38.8 Å². The highest BCUT2D eigenvalue weighted by Crippen LogP contribution is 2.40. The van der Waals surface area contributed by atoms with Crippen LogP contribution in [0.5, 0.6) is 28.7 Å². The van der Waals surface area contributed by atoms with E-state index in [9.17, 15) is 29.8 Å². The van der Waals surface area contributed by atoms with Gasteiger partial charge in [0.25, 0.3) is 11.2 Å². The zero-order valence-corrected chi connectivity index (χ0v) is 25.8. The molecular weight excluding hydrogens is 636 g/mol. The number of benzene rings is 3. The third-order valence-electron chi connectivity index (χ3n) is 7.28. The normalized spacial score (nSPS) is 15.1. The number of hydrogen-bond acceptors (Lipinski definition) is 13. The van der Waals surface area contributed by atoms with Gasteiger partial charge < -0.3 is 23.7 Å². The summed E-state index contributed by atoms with van der Waals surface area (Å²) in [6.07, 6.45) is 1.62. The number of nitro benzene ring substituents is 2. The number of nitro groups is 2. The number of nitrogens with zero attached hydrogens (tertiary/aromatic N) is 4. The molecule has 3 heterocycles. The summed E-state index contributed by atoms with van der Waals surface area (Å²) >= 11 is 1.12. The van der Waals surface area contributed by atoms with Crippen molar-refractivity contribution in [3.8, 4) is 28.7 Å². The molecule has 2 aliphatic rings. The van der Waals surface area contributed by atoms with Crippen LogP contribution in [0.4, 0.5) is 11.4 Å². The summed E-state index contributed by atoms with van der Waals surface area (Å²) in [6.45, 7) is 3.56. The smallest absolute Gasteiger partial charge is 0.338 e. The van der Waals surface area contributed by atoms with Gasteiger partial charge in [0.15, 0.2) is 27.8 Å². The van der Waals surface area contributed by atoms with E-state index in [1.165, 1.54) is 17.7 Å². The van der Waals surface area contributed by atoms with Crippen molar-refractivity contribution in [1.82, 2.24) is 4.57 Å². The molecule has 15 nitrogen and oxygen atoms in total. The molecule has 3 aromatic carbocycles. The Labute approximate surface area is 268 Å². The summed E-state index contributed by atoms with van der Waals surface area (Å²) in [4.78, 5) is 53.3. The molecule has 0 saturated heterocycles. The van der Waals surface area contributed by atoms with Crippen molar-refractivity contribution in [2.24, 2.45) is 4.99 Å². The number of non-ortho nitro benzene ring substituents is 1. The van der Waals surface area contributed by atoms with Gasteiger partial charge in [-0.1, -0.05) is 23.5 Å². The Morgan fingerprint density at radius 1 is 1.04 bits per heavy atom. The van der Waals surface area contributed by atoms with E-state index in [0.29, 0.717) is 37.7 Å². The molecule has 1 aromatic heterocycles. The molecule has 0 aliphatic carbocycles. The standard InChI is InChI=1S/C31H24N4O11S/c1-4-43-30(37)27-16(2)32-31-33(28(27)18-6-9-22-25(13-18)45-15-44-22)29(36)26(47-31)12-17-5-8-23(24(11-17)42-3)46-21-10-7-19(34(38)39)14-20(21)35(40)41/h5-14,28H,4,15H2,1-3H3/b26-12+/t28-/m1/s1. The summed E-state index contributed by atoms with van der Waals surface area (Å²) in [6, 6.07) is 12.0. The lowest BCUT2D eigenvalue weighted by molar-refractivity contribution is -0.394. The lowest BCUT2D eigenvalue weighted by atomic mass is 9.95. The molecule has 240 valence electrons. The first-order chi connectivity index (χ1) is 22.6. The first-order valence-electron chi connectivity index (χ1n) is 14.0. The predicted octanol–water partition coefficient (Wildman–Crippen LogP) is 4.14. The van der Waals surface area contributed by atoms with Gasteiger partial charge in [-0.3, -0.25) is 29.6 Å². The fourth-order valence-corrected chi connectivity index (χ4v) is 6.21. The largest absolute Gasteiger partial charge is 0.493 e. The lowest BCUT2D eigenvalue weighted by Gasteiger charge is -2.24. The van der Waals surface area contributed by atoms with Crippen LogP contribution in [0.15, 0.2) is 75.7 Å². The highest BCUT2D eigenvalue weighted by Gasteiger charge is 2.34. The van der Waals surface area contributed by atoms with Gasteiger partial charge in [-0.2, -0.15) is 0 Å². The van der Waals surface area contributed by atoms with Crippen molar-refractivity contribution in [3.63, 3.8) is 0 Å². The molecular formula is C31H24N4O11S. The van der Waals surface area contributed by atoms with Gasteiger partial charge in [0, 0.05) is 6.07 Å². The van der Waals surface area contributed by atoms with Crippen LogP contribution >= 0.6 is 11.3 Å². The Hall–Kier alpha value is -6.03. The number of thiazole rings is 1. The second-order valence-corrected chi connectivity index (χ2v) is 11.1. The van der Waals surface area contributed by atoms with Crippen LogP contribution in [0.3, 0.4) is 0 Å². The topological polar surface area (TPSA) is 184 Å². The fraction of sp³-hybridized carbons (Fsp3) is 0.194. The second kappa shape index (κ2) is 12.4. The third-order valence-corrected chi connectivity index (χ3v) is 8.27. The first-order valence-corrected chi connectivity index (χ1v) is 14.8. The van der Waals surface area contributed by atoms with Gasteiger partial charge in [0.05, 0.1) is 51.5 Å². The number of rotatable bonds is 9. The minimum atomic E-state index is -0.857. The van der Waals surface area contributed by atoms with Crippen LogP contribution in [-0.4, -0.2) is 40.9 Å². The summed E-state index contributed by atoms with van der Waals surface area (Å²) in [5.41, 5.74) is 0.280. The minimum absolute atomic E-state index is 0.0548. The molecule has 47 heavy (non-hydrogen) atoms. The van der Waals surface area contributed by atoms with Crippen LogP contribution in [0, 0.1) is 20.2 Å². The van der Waals surface area contributed by atoms with Crippen molar-refractivity contribution >= 4 is 34.8 Å². The van der Waals surface area contributed by atoms with Crippen molar-refractivity contribution in [3.05, 3.63) is 117 Å². The maximum Gasteiger partial charge on any atom is 0.338 e. The lowest BCUT2D eigenvalue weighted by Crippen LogP contribution is -2.39. The van der Waals surface area contributed by atoms with Gasteiger partial charge in [-0.05, 0) is 61.4 Å². The SMILES string of the molecule is CCOC(=O)C1=C(C)N=c2s/c(=C/c3ccc(Oc4ccc([N+](=O)[O-])cc4[N+](=O)[O-])c(OC)c3)c(=O)n2[C@@H]1c1ccc2c(c1)OCO2. The third kappa shape index (κ3) is 5.77. The van der Waals surface area contributed by atoms with Crippen molar-refractivity contribution < 1.29 is 38.3 Å². The summed E-state index contributed by atoms with van der Waals surface area (Å²) in [5.74, 6) is 0.481. The maximum absolute atomic E-state index is 14.0. The molecule has 0 unspecified atom stereocenters. The van der Waals surface area contributed by atoms with Crippen molar-refractivity contribution in [2.45, 2.75) is 19.9 Å². The summed E-state index contributed by atoms with van der Waals surface area (Å²) in [5, 5.41) is 22.7. The van der Waals surface area contributed by atoms with E-state index in [1.807, 2.05) is 0 Å². The Kier molecular flexibility index (Phi) is 8.17. The van der Waals surface area contributed by atoms with Gasteiger partial charge in [-0.25, -0.2) is 9.79 Å². The molecule has 0 fully saturated rings. The van der Waals surface area contributed by atoms with E-state index in [1.54, 1.807) is 50.3 Å². The van der Waals surface area contributed by atoms with Crippen LogP contribution < -0.4 is 33.8 Å². The molecule has 0 bridgehead atoms. The quantitative estimate of drug-likeness (QED) is 0.143. The van der Waals surface area contributed by atoms with Crippen LogP contribution in [0.2, 0.25) is 0 Å². The van der Waals surface area contributed by atoms with E-state index in [-0.39, 0.29) is 36.2 Å². The Morgan fingerprint density at radius 2 is 1.81 bits per heavy atom. The molecule has 1 atom stereocenters. The number of allylic oxidation sites excluding steroid dienone is 1. The molecule has 0 amide bonds. The fourth-order valence-electron chi connectivity index (χ4n) is 5.17. The average molecular weight is 661 g/mol. The Bertz CT molecular complexity index is 2190. The van der Waals surface area contributed by atoms with Crippen molar-refractivity contribution in [1.29, 1.82) is 0 Å². The number of fused-ring (bicyclic) bond motifs is 2. The number of methoxy groups -OCH3 is 1. The van der Waals surface area contributed by atoms with Gasteiger partial charge in [-0.15, -0.1) is 0 Å². The second-order valence-electron chi connectivity index (χ2n) is 10.1. The molecule has 4 aromatic rings. The van der Waals surface area contributed by atoms with E-state index in [0.717, 1.165) is 29.5 Å². The summed E-state index contributed by atoms with van der Waals surface area (Å²) < 4.78 is 29.3. The van der Waals surface area contributed by atoms with Crippen LogP contribution in [0.25, 0.3) is 6.08 Å². The molecule has 16 heteroatoms. The van der Waals surface area contributed by atoms with E-state index in [2.05, 4.69) is 4.99 Å². The zero-order chi connectivity index (χ0) is 33.4. The van der Waals surface area contributed by atoms with Crippen LogP contribution in [-0.2, 0) is 9.53 Å². The van der Waals surface area contributed by atoms with Crippen LogP contribution in [0.1, 0.15) is 31.0 Å². The first kappa shape index (κ1) is 31.0. The maximum atomic E-state index is 14.0. The number of hydrogen-bond donors (Lipinski definition) is 0. The zero-order valence-electron chi connectivity index (χ0n) is 25.0. The molecule has 2 aliphatic heterocycles. The highest BCUT2D eigenvalue weighted by atomic mass is 32.1. The molecule has 0 spiro atoms. The summed E-state index contributed by atoms with van der Waals surface area (Å²) in [7, 11) is 1.37. The predicted molar refractivity (Wildman–Crippen MR) is 166 cm³/mol. The van der Waals surface area contributed by atoms with Gasteiger partial charge >= 0.3 is 11.7 Å². The van der Waals surface area contributed by atoms with E-state index in [4.69, 9.17) is 23.7 Å². The molecule has 6 rings (SSSR count). The average Bonchev–Trinajstić information content (AvgIpc) is 3.64. The number of esters is 1. The Balaban J connectivity index is 1.41. The molecule has 0 saturated carbocycles. The number of carbonyl (C=O) groups is 1. The molecule has 0 radical (unpaired) electrons. The number of carbonyl (C=O) groups excluding carboxylic acids is 1. The number of aromatic nitrogens is 1. The monoisotopic (exact) mass is 660 g/mol. The minimum Gasteiger partial charge on any atom is -0.493 e. The van der Waals surface area contributed by atoms with E-state index >= 15 is 0 Å².